The third-order valence-corrected chi connectivity index (χ3v) is 5.50. The second-order valence-corrected chi connectivity index (χ2v) is 7.59. The monoisotopic (exact) mass is 355 g/mol. The SMILES string of the molecule is CC(C)n1nc(-c2cnc3[nH]cc(F)c3c2)cc1C1CN(C2COC2)C1. The zero-order chi connectivity index (χ0) is 17.8. The summed E-state index contributed by atoms with van der Waals surface area (Å²) in [7, 11) is 0. The average molecular weight is 355 g/mol. The topological polar surface area (TPSA) is 59.0 Å². The molecule has 6 nitrogen and oxygen atoms in total. The molecule has 2 aliphatic heterocycles. The first-order chi connectivity index (χ1) is 12.6. The highest BCUT2D eigenvalue weighted by atomic mass is 19.1. The van der Waals surface area contributed by atoms with Crippen molar-refractivity contribution in [1.82, 2.24) is 24.6 Å². The van der Waals surface area contributed by atoms with Gasteiger partial charge in [-0.2, -0.15) is 5.10 Å². The Balaban J connectivity index is 1.46. The van der Waals surface area contributed by atoms with Gasteiger partial charge in [0.2, 0.25) is 0 Å². The quantitative estimate of drug-likeness (QED) is 0.782. The molecule has 0 radical (unpaired) electrons. The van der Waals surface area contributed by atoms with Crippen LogP contribution in [0.4, 0.5) is 4.39 Å². The Labute approximate surface area is 151 Å². The number of ether oxygens (including phenoxy) is 1. The van der Waals surface area contributed by atoms with E-state index in [1.807, 2.05) is 6.07 Å². The molecule has 0 aromatic carbocycles. The van der Waals surface area contributed by atoms with Gasteiger partial charge in [-0.1, -0.05) is 0 Å². The van der Waals surface area contributed by atoms with E-state index >= 15 is 0 Å². The first kappa shape index (κ1) is 16.0. The van der Waals surface area contributed by atoms with E-state index in [1.165, 1.54) is 11.9 Å². The van der Waals surface area contributed by atoms with Crippen molar-refractivity contribution < 1.29 is 9.13 Å². The van der Waals surface area contributed by atoms with Crippen LogP contribution in [0.5, 0.6) is 0 Å². The maximum absolute atomic E-state index is 13.9. The molecule has 5 rings (SSSR count). The number of hydrogen-bond acceptors (Lipinski definition) is 4. The largest absolute Gasteiger partial charge is 0.378 e. The van der Waals surface area contributed by atoms with E-state index in [0.717, 1.165) is 37.6 Å². The number of hydrogen-bond donors (Lipinski definition) is 1. The van der Waals surface area contributed by atoms with E-state index in [-0.39, 0.29) is 11.9 Å². The van der Waals surface area contributed by atoms with Crippen LogP contribution < -0.4 is 0 Å². The van der Waals surface area contributed by atoms with Crippen molar-refractivity contribution in [2.75, 3.05) is 26.3 Å². The predicted octanol–water partition coefficient (Wildman–Crippen LogP) is 2.94. The Morgan fingerprint density at radius 2 is 2.08 bits per heavy atom. The zero-order valence-electron chi connectivity index (χ0n) is 14.9. The predicted molar refractivity (Wildman–Crippen MR) is 96.6 cm³/mol. The van der Waals surface area contributed by atoms with Crippen molar-refractivity contribution >= 4 is 11.0 Å². The maximum Gasteiger partial charge on any atom is 0.150 e. The number of H-pyrrole nitrogens is 1. The average Bonchev–Trinajstić information content (AvgIpc) is 3.13. The van der Waals surface area contributed by atoms with Gasteiger partial charge in [0.25, 0.3) is 0 Å². The van der Waals surface area contributed by atoms with Gasteiger partial charge < -0.3 is 9.72 Å². The lowest BCUT2D eigenvalue weighted by molar-refractivity contribution is -0.0913. The molecule has 2 aliphatic rings. The van der Waals surface area contributed by atoms with Crippen LogP contribution >= 0.6 is 0 Å². The van der Waals surface area contributed by atoms with Crippen molar-refractivity contribution in [2.24, 2.45) is 0 Å². The molecule has 0 aliphatic carbocycles. The minimum absolute atomic E-state index is 0.278. The third-order valence-electron chi connectivity index (χ3n) is 5.50. The molecular weight excluding hydrogens is 333 g/mol. The second-order valence-electron chi connectivity index (χ2n) is 7.59. The number of likely N-dealkylation sites (tertiary alicyclic amines) is 1. The van der Waals surface area contributed by atoms with E-state index in [4.69, 9.17) is 9.84 Å². The van der Waals surface area contributed by atoms with Crippen LogP contribution in [0.2, 0.25) is 0 Å². The minimum Gasteiger partial charge on any atom is -0.378 e. The lowest BCUT2D eigenvalue weighted by Crippen LogP contribution is -2.58. The Hall–Kier alpha value is -2.25. The maximum atomic E-state index is 13.9. The molecule has 0 unspecified atom stereocenters. The first-order valence-electron chi connectivity index (χ1n) is 9.14. The van der Waals surface area contributed by atoms with E-state index in [0.29, 0.717) is 23.0 Å². The molecule has 7 heteroatoms. The number of aromatic nitrogens is 4. The smallest absolute Gasteiger partial charge is 0.150 e. The number of nitrogens with zero attached hydrogens (tertiary/aromatic N) is 4. The molecule has 0 bridgehead atoms. The number of rotatable bonds is 4. The summed E-state index contributed by atoms with van der Waals surface area (Å²) in [6, 6.07) is 4.83. The van der Waals surface area contributed by atoms with Crippen LogP contribution in [0.1, 0.15) is 31.5 Å². The molecular formula is C19H22FN5O. The van der Waals surface area contributed by atoms with E-state index in [2.05, 4.69) is 39.5 Å². The summed E-state index contributed by atoms with van der Waals surface area (Å²) in [5.41, 5.74) is 3.52. The molecule has 0 amide bonds. The highest BCUT2D eigenvalue weighted by Crippen LogP contribution is 2.34. The van der Waals surface area contributed by atoms with Crippen molar-refractivity contribution in [1.29, 1.82) is 0 Å². The van der Waals surface area contributed by atoms with Crippen LogP contribution in [0.25, 0.3) is 22.3 Å². The van der Waals surface area contributed by atoms with Gasteiger partial charge in [0.05, 0.1) is 30.3 Å². The molecule has 136 valence electrons. The Bertz CT molecular complexity index is 952. The summed E-state index contributed by atoms with van der Waals surface area (Å²) >= 11 is 0. The molecule has 0 saturated carbocycles. The Kier molecular flexibility index (Phi) is 3.62. The first-order valence-corrected chi connectivity index (χ1v) is 9.14. The van der Waals surface area contributed by atoms with Gasteiger partial charge in [-0.25, -0.2) is 9.37 Å². The lowest BCUT2D eigenvalue weighted by atomic mass is 9.92. The van der Waals surface area contributed by atoms with Crippen molar-refractivity contribution in [3.05, 3.63) is 36.0 Å². The lowest BCUT2D eigenvalue weighted by Gasteiger charge is -2.47. The van der Waals surface area contributed by atoms with E-state index in [9.17, 15) is 4.39 Å². The summed E-state index contributed by atoms with van der Waals surface area (Å²) in [5, 5.41) is 5.31. The fourth-order valence-corrected chi connectivity index (χ4v) is 3.81. The molecule has 2 saturated heterocycles. The van der Waals surface area contributed by atoms with Gasteiger partial charge in [-0.05, 0) is 26.0 Å². The molecule has 2 fully saturated rings. The second kappa shape index (κ2) is 5.89. The molecule has 0 atom stereocenters. The van der Waals surface area contributed by atoms with Crippen LogP contribution in [0.3, 0.4) is 0 Å². The zero-order valence-corrected chi connectivity index (χ0v) is 14.9. The fraction of sp³-hybridized carbons (Fsp3) is 0.474. The normalized spacial score (nSPS) is 19.2. The van der Waals surface area contributed by atoms with Gasteiger partial charge in [-0.15, -0.1) is 0 Å². The Morgan fingerprint density at radius 1 is 1.27 bits per heavy atom. The van der Waals surface area contributed by atoms with Crippen molar-refractivity contribution in [3.63, 3.8) is 0 Å². The fourth-order valence-electron chi connectivity index (χ4n) is 3.81. The van der Waals surface area contributed by atoms with Gasteiger partial charge in [-0.3, -0.25) is 9.58 Å². The van der Waals surface area contributed by atoms with Crippen LogP contribution in [-0.4, -0.2) is 57.0 Å². The number of halogens is 1. The van der Waals surface area contributed by atoms with Gasteiger partial charge in [0, 0.05) is 48.7 Å². The van der Waals surface area contributed by atoms with Gasteiger partial charge in [0.15, 0.2) is 0 Å². The van der Waals surface area contributed by atoms with Crippen LogP contribution in [0.15, 0.2) is 24.5 Å². The summed E-state index contributed by atoms with van der Waals surface area (Å²) in [6.45, 7) is 8.10. The van der Waals surface area contributed by atoms with Gasteiger partial charge >= 0.3 is 0 Å². The standard InChI is InChI=1S/C19H22FN5O/c1-11(2)25-18(13-7-24(8-13)14-9-26-10-14)4-17(23-25)12-3-15-16(20)6-22-19(15)21-5-12/h3-6,11,13-14H,7-10H2,1-2H3,(H,21,22). The van der Waals surface area contributed by atoms with Crippen molar-refractivity contribution in [3.8, 4) is 11.3 Å². The Morgan fingerprint density at radius 3 is 2.77 bits per heavy atom. The number of fused-ring (bicyclic) bond motifs is 1. The molecule has 3 aromatic heterocycles. The molecule has 0 spiro atoms. The molecule has 3 aromatic rings. The molecule has 5 heterocycles. The summed E-state index contributed by atoms with van der Waals surface area (Å²) in [6.07, 6.45) is 3.10. The molecule has 1 N–H and O–H groups in total. The van der Waals surface area contributed by atoms with Crippen LogP contribution in [-0.2, 0) is 4.74 Å². The molecule has 26 heavy (non-hydrogen) atoms. The third kappa shape index (κ3) is 2.46. The van der Waals surface area contributed by atoms with E-state index < -0.39 is 0 Å². The number of pyridine rings is 1. The number of aromatic amines is 1. The summed E-state index contributed by atoms with van der Waals surface area (Å²) in [5.74, 6) is 0.204. The minimum atomic E-state index is -0.282. The van der Waals surface area contributed by atoms with E-state index in [1.54, 1.807) is 6.20 Å². The summed E-state index contributed by atoms with van der Waals surface area (Å²) in [4.78, 5) is 9.65. The van der Waals surface area contributed by atoms with Gasteiger partial charge in [0.1, 0.15) is 11.5 Å². The summed E-state index contributed by atoms with van der Waals surface area (Å²) < 4.78 is 21.3. The number of nitrogens with one attached hydrogen (secondary N) is 1. The van der Waals surface area contributed by atoms with Crippen molar-refractivity contribution in [2.45, 2.75) is 31.8 Å². The highest BCUT2D eigenvalue weighted by molar-refractivity contribution is 5.81. The highest BCUT2D eigenvalue weighted by Gasteiger charge is 2.38. The van der Waals surface area contributed by atoms with Crippen LogP contribution in [0, 0.1) is 5.82 Å².